The monoisotopic (exact) mass is 676 g/mol. The third-order valence-corrected chi connectivity index (χ3v) is 10.5. The molecule has 4 rings (SSSR count). The molecule has 246 valence electrons. The molecule has 0 bridgehead atoms. The van der Waals surface area contributed by atoms with Gasteiger partial charge in [0.2, 0.25) is 0 Å². The molecule has 1 unspecified atom stereocenters. The fourth-order valence-electron chi connectivity index (χ4n) is 5.01. The number of alkyl halides is 5. The third kappa shape index (κ3) is 8.55. The van der Waals surface area contributed by atoms with Crippen LogP contribution in [-0.2, 0) is 20.8 Å². The number of halogens is 5. The SMILES string of the molecule is CCS(=O)(=O)c1ccc([C@H](CO)NC(=O)c2cnc(N3CCN(C(C)c4ccc(C(F)(F)F)cc4)C[C@H]3COC(F)F)s2)cc1. The largest absolute Gasteiger partial charge is 0.416 e. The summed E-state index contributed by atoms with van der Waals surface area (Å²) >= 11 is 1.03. The number of hydrogen-bond donors (Lipinski definition) is 2. The first-order valence-corrected chi connectivity index (χ1v) is 16.5. The van der Waals surface area contributed by atoms with E-state index in [0.29, 0.717) is 29.3 Å². The number of nitrogens with zero attached hydrogens (tertiary/aromatic N) is 3. The Hall–Kier alpha value is -3.18. The van der Waals surface area contributed by atoms with Gasteiger partial charge in [-0.2, -0.15) is 22.0 Å². The van der Waals surface area contributed by atoms with Crippen LogP contribution in [0.4, 0.5) is 27.1 Å². The first-order chi connectivity index (χ1) is 21.2. The number of benzene rings is 2. The molecular formula is C29H33F5N4O5S2. The molecule has 2 N–H and O–H groups in total. The Morgan fingerprint density at radius 1 is 1.11 bits per heavy atom. The maximum absolute atomic E-state index is 13.1. The van der Waals surface area contributed by atoms with Gasteiger partial charge >= 0.3 is 12.8 Å². The minimum Gasteiger partial charge on any atom is -0.394 e. The van der Waals surface area contributed by atoms with Crippen molar-refractivity contribution in [3.05, 3.63) is 76.3 Å². The van der Waals surface area contributed by atoms with Gasteiger partial charge in [0.25, 0.3) is 5.91 Å². The minimum atomic E-state index is -4.46. The molecule has 1 amide bonds. The Morgan fingerprint density at radius 2 is 1.76 bits per heavy atom. The lowest BCUT2D eigenvalue weighted by Crippen LogP contribution is -2.55. The molecule has 1 aliphatic heterocycles. The van der Waals surface area contributed by atoms with E-state index in [4.69, 9.17) is 0 Å². The lowest BCUT2D eigenvalue weighted by molar-refractivity contribution is -0.137. The summed E-state index contributed by atoms with van der Waals surface area (Å²) in [5.74, 6) is -0.610. The van der Waals surface area contributed by atoms with E-state index in [2.05, 4.69) is 15.0 Å². The molecular weight excluding hydrogens is 643 g/mol. The van der Waals surface area contributed by atoms with Crippen LogP contribution in [0.25, 0.3) is 0 Å². The molecule has 1 fully saturated rings. The Morgan fingerprint density at radius 3 is 2.33 bits per heavy atom. The van der Waals surface area contributed by atoms with Crippen molar-refractivity contribution >= 4 is 32.2 Å². The second kappa shape index (κ2) is 14.5. The highest BCUT2D eigenvalue weighted by Crippen LogP contribution is 2.33. The van der Waals surface area contributed by atoms with Crippen LogP contribution in [0.5, 0.6) is 0 Å². The lowest BCUT2D eigenvalue weighted by atomic mass is 10.0. The number of aliphatic hydroxyl groups is 1. The summed E-state index contributed by atoms with van der Waals surface area (Å²) in [6.45, 7) is 0.526. The minimum absolute atomic E-state index is 0.0669. The van der Waals surface area contributed by atoms with E-state index >= 15 is 0 Å². The number of nitrogens with one attached hydrogen (secondary N) is 1. The zero-order valence-electron chi connectivity index (χ0n) is 24.4. The van der Waals surface area contributed by atoms with Gasteiger partial charge < -0.3 is 20.1 Å². The highest BCUT2D eigenvalue weighted by atomic mass is 32.2. The molecule has 45 heavy (non-hydrogen) atoms. The standard InChI is InChI=1S/C29H33F5N4O5S2/c1-3-45(41,42)23-10-6-20(7-11-23)24(16-39)36-26(40)25-14-35-28(44-25)38-13-12-37(15-22(38)17-43-27(30)31)18(2)19-4-8-21(9-5-19)29(32,33)34/h4-11,14,18,22,24,27,39H,3,12-13,15-17H2,1-2H3,(H,36,40)/t18?,22-,24-/m0/s1. The van der Waals surface area contributed by atoms with Crippen molar-refractivity contribution in [3.8, 4) is 0 Å². The smallest absolute Gasteiger partial charge is 0.394 e. The average molecular weight is 677 g/mol. The van der Waals surface area contributed by atoms with E-state index in [1.54, 1.807) is 4.90 Å². The Balaban J connectivity index is 1.46. The summed E-state index contributed by atoms with van der Waals surface area (Å²) in [6.07, 6.45) is -3.12. The maximum Gasteiger partial charge on any atom is 0.416 e. The van der Waals surface area contributed by atoms with Crippen LogP contribution in [0.15, 0.2) is 59.6 Å². The van der Waals surface area contributed by atoms with Gasteiger partial charge in [0.1, 0.15) is 4.88 Å². The summed E-state index contributed by atoms with van der Waals surface area (Å²) in [5.41, 5.74) is 0.368. The van der Waals surface area contributed by atoms with E-state index in [9.17, 15) is 40.3 Å². The molecule has 0 saturated carbocycles. The number of thiazole rings is 1. The zero-order valence-corrected chi connectivity index (χ0v) is 26.0. The fraction of sp³-hybridized carbons (Fsp3) is 0.448. The van der Waals surface area contributed by atoms with Crippen LogP contribution < -0.4 is 10.2 Å². The first-order valence-electron chi connectivity index (χ1n) is 14.0. The quantitative estimate of drug-likeness (QED) is 0.261. The van der Waals surface area contributed by atoms with Crippen LogP contribution in [0.1, 0.15) is 52.3 Å². The number of amides is 1. The topological polar surface area (TPSA) is 112 Å². The molecule has 3 aromatic rings. The predicted molar refractivity (Wildman–Crippen MR) is 158 cm³/mol. The molecule has 9 nitrogen and oxygen atoms in total. The third-order valence-electron chi connectivity index (χ3n) is 7.67. The van der Waals surface area contributed by atoms with Gasteiger partial charge in [-0.3, -0.25) is 9.69 Å². The molecule has 1 saturated heterocycles. The van der Waals surface area contributed by atoms with E-state index in [-0.39, 0.29) is 34.7 Å². The molecule has 1 aliphatic rings. The number of aliphatic hydroxyl groups excluding tert-OH is 1. The Labute approximate surface area is 261 Å². The lowest BCUT2D eigenvalue weighted by Gasteiger charge is -2.43. The molecule has 16 heteroatoms. The molecule has 2 aromatic carbocycles. The second-order valence-electron chi connectivity index (χ2n) is 10.4. The predicted octanol–water partition coefficient (Wildman–Crippen LogP) is 4.91. The molecule has 1 aromatic heterocycles. The summed E-state index contributed by atoms with van der Waals surface area (Å²) < 4.78 is 93.8. The molecule has 0 spiro atoms. The number of anilines is 1. The number of aromatic nitrogens is 1. The van der Waals surface area contributed by atoms with E-state index < -0.39 is 52.8 Å². The number of ether oxygens (including phenoxy) is 1. The van der Waals surface area contributed by atoms with Crippen molar-refractivity contribution in [2.24, 2.45) is 0 Å². The summed E-state index contributed by atoms with van der Waals surface area (Å²) in [5, 5.41) is 13.0. The number of piperazine rings is 1. The van der Waals surface area contributed by atoms with Crippen LogP contribution in [0.2, 0.25) is 0 Å². The van der Waals surface area contributed by atoms with Crippen LogP contribution >= 0.6 is 11.3 Å². The van der Waals surface area contributed by atoms with Crippen molar-refractivity contribution in [1.29, 1.82) is 0 Å². The van der Waals surface area contributed by atoms with Crippen LogP contribution in [-0.4, -0.2) is 80.6 Å². The van der Waals surface area contributed by atoms with E-state index in [1.165, 1.54) is 49.5 Å². The van der Waals surface area contributed by atoms with Crippen molar-refractivity contribution < 1.29 is 45.0 Å². The molecule has 2 heterocycles. The van der Waals surface area contributed by atoms with Gasteiger partial charge in [0, 0.05) is 25.7 Å². The normalized spacial score (nSPS) is 17.8. The number of rotatable bonds is 12. The summed E-state index contributed by atoms with van der Waals surface area (Å²) in [4.78, 5) is 21.5. The molecule has 0 radical (unpaired) electrons. The second-order valence-corrected chi connectivity index (χ2v) is 13.7. The van der Waals surface area contributed by atoms with Crippen molar-refractivity contribution in [2.45, 2.75) is 49.7 Å². The summed E-state index contributed by atoms with van der Waals surface area (Å²) in [7, 11) is -3.42. The van der Waals surface area contributed by atoms with Gasteiger partial charge in [-0.15, -0.1) is 0 Å². The van der Waals surface area contributed by atoms with Crippen LogP contribution in [0, 0.1) is 0 Å². The van der Waals surface area contributed by atoms with Crippen molar-refractivity contribution in [2.75, 3.05) is 43.5 Å². The van der Waals surface area contributed by atoms with Crippen molar-refractivity contribution in [1.82, 2.24) is 15.2 Å². The van der Waals surface area contributed by atoms with Gasteiger partial charge in [0.15, 0.2) is 15.0 Å². The highest BCUT2D eigenvalue weighted by molar-refractivity contribution is 7.91. The zero-order chi connectivity index (χ0) is 32.9. The average Bonchev–Trinajstić information content (AvgIpc) is 3.52. The number of sulfone groups is 1. The van der Waals surface area contributed by atoms with E-state index in [1.807, 2.05) is 11.8 Å². The van der Waals surface area contributed by atoms with Gasteiger partial charge in [-0.25, -0.2) is 13.4 Å². The molecule has 3 atom stereocenters. The van der Waals surface area contributed by atoms with Crippen LogP contribution in [0.3, 0.4) is 0 Å². The van der Waals surface area contributed by atoms with Gasteiger partial charge in [-0.1, -0.05) is 42.5 Å². The molecule has 0 aliphatic carbocycles. The van der Waals surface area contributed by atoms with E-state index in [0.717, 1.165) is 23.5 Å². The first kappa shape index (κ1) is 34.7. The fourth-order valence-corrected chi connectivity index (χ4v) is 6.81. The number of hydrogen-bond acceptors (Lipinski definition) is 9. The highest BCUT2D eigenvalue weighted by Gasteiger charge is 2.34. The number of carbonyl (C=O) groups is 1. The Kier molecular flexibility index (Phi) is 11.2. The van der Waals surface area contributed by atoms with Crippen molar-refractivity contribution in [3.63, 3.8) is 0 Å². The number of carbonyl (C=O) groups excluding carboxylic acids is 1. The Bertz CT molecular complexity index is 1540. The van der Waals surface area contributed by atoms with Gasteiger partial charge in [-0.05, 0) is 42.3 Å². The maximum atomic E-state index is 13.1. The summed E-state index contributed by atoms with van der Waals surface area (Å²) in [6, 6.07) is 8.92. The van der Waals surface area contributed by atoms with Gasteiger partial charge in [0.05, 0.1) is 47.7 Å².